The zero-order valence-corrected chi connectivity index (χ0v) is 13.8. The molecule has 1 aromatic heterocycles. The minimum Gasteiger partial charge on any atom is -0.381 e. The Balaban J connectivity index is 1.60. The Kier molecular flexibility index (Phi) is 4.66. The van der Waals surface area contributed by atoms with Gasteiger partial charge in [0.25, 0.3) is 0 Å². The smallest absolute Gasteiger partial charge is 0.250 e. The second kappa shape index (κ2) is 6.34. The summed E-state index contributed by atoms with van der Waals surface area (Å²) in [4.78, 5) is 0. The number of thiophene rings is 1. The van der Waals surface area contributed by atoms with Crippen LogP contribution >= 0.6 is 11.3 Å². The summed E-state index contributed by atoms with van der Waals surface area (Å²) in [6, 6.07) is 2.32. The van der Waals surface area contributed by atoms with Gasteiger partial charge in [-0.15, -0.1) is 11.3 Å². The van der Waals surface area contributed by atoms with Crippen LogP contribution < -0.4 is 10.0 Å². The molecule has 1 aliphatic carbocycles. The fourth-order valence-electron chi connectivity index (χ4n) is 2.48. The quantitative estimate of drug-likeness (QED) is 0.798. The van der Waals surface area contributed by atoms with E-state index >= 15 is 0 Å². The highest BCUT2D eigenvalue weighted by atomic mass is 32.2. The van der Waals surface area contributed by atoms with Gasteiger partial charge in [-0.3, -0.25) is 0 Å². The van der Waals surface area contributed by atoms with Crippen LogP contribution in [0.15, 0.2) is 15.7 Å². The Morgan fingerprint density at radius 3 is 2.90 bits per heavy atom. The van der Waals surface area contributed by atoms with Crippen molar-refractivity contribution < 1.29 is 13.2 Å². The average molecular weight is 330 g/mol. The van der Waals surface area contributed by atoms with Crippen molar-refractivity contribution in [3.63, 3.8) is 0 Å². The Morgan fingerprint density at radius 2 is 2.24 bits per heavy atom. The molecule has 2 unspecified atom stereocenters. The molecule has 7 heteroatoms. The predicted octanol–water partition coefficient (Wildman–Crippen LogP) is 1.70. The Bertz CT molecular complexity index is 575. The van der Waals surface area contributed by atoms with Gasteiger partial charge in [0, 0.05) is 31.2 Å². The van der Waals surface area contributed by atoms with Crippen LogP contribution in [0.5, 0.6) is 0 Å². The van der Waals surface area contributed by atoms with Crippen molar-refractivity contribution in [1.82, 2.24) is 10.0 Å². The first-order valence-electron chi connectivity index (χ1n) is 7.45. The second-order valence-electron chi connectivity index (χ2n) is 5.96. The van der Waals surface area contributed by atoms with Crippen LogP contribution in [0.3, 0.4) is 0 Å². The maximum Gasteiger partial charge on any atom is 0.250 e. The van der Waals surface area contributed by atoms with Gasteiger partial charge >= 0.3 is 0 Å². The van der Waals surface area contributed by atoms with E-state index in [2.05, 4.69) is 10.0 Å². The van der Waals surface area contributed by atoms with Gasteiger partial charge in [-0.1, -0.05) is 0 Å². The van der Waals surface area contributed by atoms with Crippen LogP contribution in [-0.2, 0) is 21.3 Å². The van der Waals surface area contributed by atoms with Crippen LogP contribution in [0, 0.1) is 5.92 Å². The molecule has 2 fully saturated rings. The largest absolute Gasteiger partial charge is 0.381 e. The molecule has 0 amide bonds. The molecule has 5 nitrogen and oxygen atoms in total. The maximum atomic E-state index is 12.4. The van der Waals surface area contributed by atoms with E-state index in [0.717, 1.165) is 25.1 Å². The molecule has 0 aromatic carbocycles. The fraction of sp³-hybridized carbons (Fsp3) is 0.714. The first kappa shape index (κ1) is 15.4. The van der Waals surface area contributed by atoms with E-state index in [1.165, 1.54) is 24.2 Å². The number of hydrogen-bond donors (Lipinski definition) is 2. The minimum atomic E-state index is -3.41. The Labute approximate surface area is 130 Å². The van der Waals surface area contributed by atoms with E-state index in [-0.39, 0.29) is 12.0 Å². The summed E-state index contributed by atoms with van der Waals surface area (Å²) in [5, 5.41) is 5.32. The molecule has 2 atom stereocenters. The monoisotopic (exact) mass is 330 g/mol. The molecular formula is C14H22N2O3S2. The molecule has 0 bridgehead atoms. The van der Waals surface area contributed by atoms with Crippen LogP contribution in [0.25, 0.3) is 0 Å². The molecule has 1 saturated heterocycles. The van der Waals surface area contributed by atoms with E-state index in [9.17, 15) is 8.42 Å². The molecule has 0 radical (unpaired) electrons. The Hall–Kier alpha value is -0.470. The van der Waals surface area contributed by atoms with Gasteiger partial charge < -0.3 is 10.1 Å². The number of rotatable bonds is 7. The third-order valence-electron chi connectivity index (χ3n) is 4.08. The summed E-state index contributed by atoms with van der Waals surface area (Å²) in [6.07, 6.45) is 3.39. The lowest BCUT2D eigenvalue weighted by atomic mass is 10.0. The van der Waals surface area contributed by atoms with Crippen LogP contribution in [0.4, 0.5) is 0 Å². The van der Waals surface area contributed by atoms with Crippen molar-refractivity contribution in [2.24, 2.45) is 5.92 Å². The lowest BCUT2D eigenvalue weighted by Crippen LogP contribution is -2.38. The Morgan fingerprint density at radius 1 is 1.43 bits per heavy atom. The van der Waals surface area contributed by atoms with E-state index in [4.69, 9.17) is 4.74 Å². The number of ether oxygens (including phenoxy) is 1. The fourth-order valence-corrected chi connectivity index (χ4v) is 5.02. The summed E-state index contributed by atoms with van der Waals surface area (Å²) in [6.45, 7) is 4.04. The SMILES string of the molecule is CC(NS(=O)(=O)c1cc(CNC2CC2)cs1)C1CCOC1. The van der Waals surface area contributed by atoms with Crippen LogP contribution in [0.2, 0.25) is 0 Å². The first-order chi connectivity index (χ1) is 10.0. The maximum absolute atomic E-state index is 12.4. The van der Waals surface area contributed by atoms with E-state index < -0.39 is 10.0 Å². The van der Waals surface area contributed by atoms with Crippen LogP contribution in [0.1, 0.15) is 31.7 Å². The number of hydrogen-bond acceptors (Lipinski definition) is 5. The van der Waals surface area contributed by atoms with E-state index in [0.29, 0.717) is 16.9 Å². The second-order valence-corrected chi connectivity index (χ2v) is 8.81. The molecule has 118 valence electrons. The van der Waals surface area contributed by atoms with Gasteiger partial charge in [0.05, 0.1) is 6.61 Å². The molecule has 1 aliphatic heterocycles. The zero-order valence-electron chi connectivity index (χ0n) is 12.2. The molecule has 1 aromatic rings. The van der Waals surface area contributed by atoms with Crippen molar-refractivity contribution in [3.05, 3.63) is 17.0 Å². The summed E-state index contributed by atoms with van der Waals surface area (Å²) in [7, 11) is -3.41. The molecule has 1 saturated carbocycles. The van der Waals surface area contributed by atoms with Gasteiger partial charge in [-0.05, 0) is 43.2 Å². The van der Waals surface area contributed by atoms with Crippen molar-refractivity contribution in [3.8, 4) is 0 Å². The minimum absolute atomic E-state index is 0.0901. The van der Waals surface area contributed by atoms with Gasteiger partial charge in [0.1, 0.15) is 4.21 Å². The normalized spacial score (nSPS) is 24.3. The highest BCUT2D eigenvalue weighted by molar-refractivity contribution is 7.91. The molecule has 2 heterocycles. The summed E-state index contributed by atoms with van der Waals surface area (Å²) in [5.41, 5.74) is 1.05. The summed E-state index contributed by atoms with van der Waals surface area (Å²) < 4.78 is 33.3. The molecular weight excluding hydrogens is 308 g/mol. The molecule has 2 aliphatic rings. The van der Waals surface area contributed by atoms with Gasteiger partial charge in [-0.25, -0.2) is 13.1 Å². The highest BCUT2D eigenvalue weighted by Gasteiger charge is 2.27. The molecule has 2 N–H and O–H groups in total. The molecule has 0 spiro atoms. The first-order valence-corrected chi connectivity index (χ1v) is 9.82. The van der Waals surface area contributed by atoms with E-state index in [1.807, 2.05) is 12.3 Å². The topological polar surface area (TPSA) is 67.4 Å². The third kappa shape index (κ3) is 4.04. The lowest BCUT2D eigenvalue weighted by Gasteiger charge is -2.18. The molecule has 21 heavy (non-hydrogen) atoms. The van der Waals surface area contributed by atoms with Gasteiger partial charge in [-0.2, -0.15) is 0 Å². The van der Waals surface area contributed by atoms with Crippen LogP contribution in [-0.4, -0.2) is 33.7 Å². The third-order valence-corrected chi connectivity index (χ3v) is 7.13. The predicted molar refractivity (Wildman–Crippen MR) is 82.9 cm³/mol. The molecule has 3 rings (SSSR count). The lowest BCUT2D eigenvalue weighted by molar-refractivity contribution is 0.180. The van der Waals surface area contributed by atoms with Crippen molar-refractivity contribution in [2.75, 3.05) is 13.2 Å². The zero-order chi connectivity index (χ0) is 14.9. The van der Waals surface area contributed by atoms with Gasteiger partial charge in [0.2, 0.25) is 10.0 Å². The highest BCUT2D eigenvalue weighted by Crippen LogP contribution is 2.24. The number of sulfonamides is 1. The average Bonchev–Trinajstić information content (AvgIpc) is 2.96. The number of nitrogens with one attached hydrogen (secondary N) is 2. The van der Waals surface area contributed by atoms with Crippen molar-refractivity contribution >= 4 is 21.4 Å². The van der Waals surface area contributed by atoms with Gasteiger partial charge in [0.15, 0.2) is 0 Å². The standard InChI is InChI=1S/C14H22N2O3S2/c1-10(12-4-5-19-8-12)16-21(17,18)14-6-11(9-20-14)7-15-13-2-3-13/h6,9-10,12-13,15-16H,2-5,7-8H2,1H3. The summed E-state index contributed by atoms with van der Waals surface area (Å²) >= 11 is 1.29. The van der Waals surface area contributed by atoms with E-state index in [1.54, 1.807) is 6.07 Å². The summed E-state index contributed by atoms with van der Waals surface area (Å²) in [5.74, 6) is 0.274. The van der Waals surface area contributed by atoms with Crippen molar-refractivity contribution in [1.29, 1.82) is 0 Å². The van der Waals surface area contributed by atoms with Crippen molar-refractivity contribution in [2.45, 2.75) is 49.0 Å².